The Hall–Kier alpha value is -1.13. The number of hydrogen-bond acceptors (Lipinski definition) is 2. The van der Waals surface area contributed by atoms with Crippen LogP contribution in [0.1, 0.15) is 6.42 Å². The number of aromatic nitrogens is 2. The van der Waals surface area contributed by atoms with Gasteiger partial charge in [0.25, 0.3) is 0 Å². The van der Waals surface area contributed by atoms with Crippen molar-refractivity contribution in [1.82, 2.24) is 9.55 Å². The van der Waals surface area contributed by atoms with Crippen LogP contribution >= 0.6 is 12.2 Å². The van der Waals surface area contributed by atoms with Crippen molar-refractivity contribution in [2.45, 2.75) is 13.0 Å². The lowest BCUT2D eigenvalue weighted by molar-refractivity contribution is 0.182. The van der Waals surface area contributed by atoms with Crippen LogP contribution in [0.4, 0.5) is 0 Å². The van der Waals surface area contributed by atoms with Crippen LogP contribution in [-0.2, 0) is 11.3 Å². The topological polar surface area (TPSA) is 29.9 Å². The van der Waals surface area contributed by atoms with Gasteiger partial charge in [0, 0.05) is 19.1 Å². The molecule has 1 aliphatic rings. The summed E-state index contributed by atoms with van der Waals surface area (Å²) in [5.74, 6) is 0.603. The van der Waals surface area contributed by atoms with E-state index in [1.165, 1.54) is 5.52 Å². The van der Waals surface area contributed by atoms with E-state index in [0.717, 1.165) is 36.5 Å². The van der Waals surface area contributed by atoms with Crippen molar-refractivity contribution in [3.63, 3.8) is 0 Å². The maximum atomic E-state index is 5.40. The summed E-state index contributed by atoms with van der Waals surface area (Å²) >= 11 is 5.35. The molecule has 1 aliphatic heterocycles. The number of fused-ring (bicyclic) bond motifs is 1. The fourth-order valence-corrected chi connectivity index (χ4v) is 2.56. The van der Waals surface area contributed by atoms with Gasteiger partial charge < -0.3 is 14.3 Å². The van der Waals surface area contributed by atoms with Crippen molar-refractivity contribution in [3.8, 4) is 0 Å². The average Bonchev–Trinajstić information content (AvgIpc) is 2.89. The largest absolute Gasteiger partial charge is 0.381 e. The highest BCUT2D eigenvalue weighted by Gasteiger charge is 2.17. The first kappa shape index (κ1) is 10.1. The molecular weight excluding hydrogens is 220 g/mol. The van der Waals surface area contributed by atoms with Crippen LogP contribution < -0.4 is 0 Å². The molecule has 0 saturated carbocycles. The van der Waals surface area contributed by atoms with E-state index in [1.54, 1.807) is 0 Å². The third-order valence-corrected chi connectivity index (χ3v) is 3.47. The lowest BCUT2D eigenvalue weighted by Gasteiger charge is -2.09. The molecule has 3 rings (SSSR count). The first-order chi connectivity index (χ1) is 7.84. The third-order valence-electron chi connectivity index (χ3n) is 3.15. The number of nitrogens with zero attached hydrogens (tertiary/aromatic N) is 1. The van der Waals surface area contributed by atoms with Gasteiger partial charge in [-0.05, 0) is 30.8 Å². The normalized spacial score (nSPS) is 20.6. The first-order valence-electron chi connectivity index (χ1n) is 5.60. The van der Waals surface area contributed by atoms with Crippen LogP contribution in [0.25, 0.3) is 11.0 Å². The molecule has 16 heavy (non-hydrogen) atoms. The minimum Gasteiger partial charge on any atom is -0.381 e. The van der Waals surface area contributed by atoms with Crippen molar-refractivity contribution in [2.75, 3.05) is 13.2 Å². The summed E-state index contributed by atoms with van der Waals surface area (Å²) < 4.78 is 8.40. The number of aromatic amines is 1. The number of hydrogen-bond donors (Lipinski definition) is 1. The van der Waals surface area contributed by atoms with Crippen molar-refractivity contribution in [3.05, 3.63) is 29.0 Å². The summed E-state index contributed by atoms with van der Waals surface area (Å²) in [5, 5.41) is 0. The van der Waals surface area contributed by atoms with Gasteiger partial charge in [-0.3, -0.25) is 0 Å². The summed E-state index contributed by atoms with van der Waals surface area (Å²) in [6.07, 6.45) is 1.14. The van der Waals surface area contributed by atoms with Gasteiger partial charge >= 0.3 is 0 Å². The van der Waals surface area contributed by atoms with Crippen LogP contribution in [0.2, 0.25) is 0 Å². The fourth-order valence-electron chi connectivity index (χ4n) is 2.27. The maximum Gasteiger partial charge on any atom is 0.178 e. The molecular formula is C12H14N2OS. The zero-order valence-electron chi connectivity index (χ0n) is 8.98. The highest BCUT2D eigenvalue weighted by molar-refractivity contribution is 7.71. The second-order valence-corrected chi connectivity index (χ2v) is 4.67. The fraction of sp³-hybridized carbons (Fsp3) is 0.417. The zero-order valence-corrected chi connectivity index (χ0v) is 9.80. The Balaban J connectivity index is 2.01. The minimum atomic E-state index is 0.603. The Morgan fingerprint density at radius 2 is 2.31 bits per heavy atom. The molecule has 1 atom stereocenters. The second kappa shape index (κ2) is 4.03. The van der Waals surface area contributed by atoms with E-state index in [0.29, 0.717) is 5.92 Å². The van der Waals surface area contributed by atoms with Crippen LogP contribution in [0.3, 0.4) is 0 Å². The Morgan fingerprint density at radius 1 is 1.44 bits per heavy atom. The van der Waals surface area contributed by atoms with Gasteiger partial charge in [0.05, 0.1) is 17.6 Å². The van der Waals surface area contributed by atoms with E-state index in [9.17, 15) is 0 Å². The molecule has 0 spiro atoms. The minimum absolute atomic E-state index is 0.603. The number of ether oxygens (including phenoxy) is 1. The van der Waals surface area contributed by atoms with Gasteiger partial charge in [-0.2, -0.15) is 0 Å². The molecule has 1 fully saturated rings. The number of benzene rings is 1. The molecule has 1 N–H and O–H groups in total. The summed E-state index contributed by atoms with van der Waals surface area (Å²) in [4.78, 5) is 3.24. The SMILES string of the molecule is S=c1[nH]c2ccccc2n1CC1CCOC1. The lowest BCUT2D eigenvalue weighted by Crippen LogP contribution is -2.10. The van der Waals surface area contributed by atoms with Crippen molar-refractivity contribution in [1.29, 1.82) is 0 Å². The van der Waals surface area contributed by atoms with Gasteiger partial charge in [0.1, 0.15) is 0 Å². The predicted molar refractivity (Wildman–Crippen MR) is 66.0 cm³/mol. The average molecular weight is 234 g/mol. The van der Waals surface area contributed by atoms with Crippen LogP contribution in [0, 0.1) is 10.7 Å². The van der Waals surface area contributed by atoms with Crippen molar-refractivity contribution < 1.29 is 4.74 Å². The Labute approximate surface area is 99.0 Å². The number of nitrogens with one attached hydrogen (secondary N) is 1. The molecule has 1 unspecified atom stereocenters. The molecule has 3 nitrogen and oxygen atoms in total. The first-order valence-corrected chi connectivity index (χ1v) is 6.01. The summed E-state index contributed by atoms with van der Waals surface area (Å²) in [7, 11) is 0. The molecule has 84 valence electrons. The number of para-hydroxylation sites is 2. The molecule has 2 heterocycles. The van der Waals surface area contributed by atoms with E-state index in [4.69, 9.17) is 17.0 Å². The van der Waals surface area contributed by atoms with Gasteiger partial charge in [0.2, 0.25) is 0 Å². The third kappa shape index (κ3) is 1.68. The van der Waals surface area contributed by atoms with E-state index < -0.39 is 0 Å². The lowest BCUT2D eigenvalue weighted by atomic mass is 10.1. The molecule has 0 amide bonds. The maximum absolute atomic E-state index is 5.40. The molecule has 0 aliphatic carbocycles. The van der Waals surface area contributed by atoms with Crippen LogP contribution in [0.5, 0.6) is 0 Å². The summed E-state index contributed by atoms with van der Waals surface area (Å²) in [5.41, 5.74) is 2.31. The second-order valence-electron chi connectivity index (χ2n) is 4.29. The van der Waals surface area contributed by atoms with Crippen LogP contribution in [0.15, 0.2) is 24.3 Å². The van der Waals surface area contributed by atoms with Gasteiger partial charge in [0.15, 0.2) is 4.77 Å². The highest BCUT2D eigenvalue weighted by Crippen LogP contribution is 2.19. The van der Waals surface area contributed by atoms with Crippen molar-refractivity contribution >= 4 is 23.3 Å². The van der Waals surface area contributed by atoms with E-state index in [-0.39, 0.29) is 0 Å². The zero-order chi connectivity index (χ0) is 11.0. The molecule has 0 radical (unpaired) electrons. The predicted octanol–water partition coefficient (Wildman–Crippen LogP) is 2.74. The van der Waals surface area contributed by atoms with Crippen molar-refractivity contribution in [2.24, 2.45) is 5.92 Å². The molecule has 0 bridgehead atoms. The van der Waals surface area contributed by atoms with Gasteiger partial charge in [-0.15, -0.1) is 0 Å². The Bertz CT molecular complexity index is 551. The molecule has 2 aromatic rings. The monoisotopic (exact) mass is 234 g/mol. The van der Waals surface area contributed by atoms with E-state index >= 15 is 0 Å². The molecule has 1 aromatic carbocycles. The number of rotatable bonds is 2. The number of imidazole rings is 1. The van der Waals surface area contributed by atoms with Gasteiger partial charge in [-0.25, -0.2) is 0 Å². The van der Waals surface area contributed by atoms with Crippen LogP contribution in [-0.4, -0.2) is 22.8 Å². The number of H-pyrrole nitrogens is 1. The standard InChI is InChI=1S/C12H14N2OS/c16-12-13-10-3-1-2-4-11(10)14(12)7-9-5-6-15-8-9/h1-4,9H,5-8H2,(H,13,16). The Kier molecular flexibility index (Phi) is 2.53. The summed E-state index contributed by atoms with van der Waals surface area (Å²) in [6, 6.07) is 8.24. The summed E-state index contributed by atoms with van der Waals surface area (Å²) in [6.45, 7) is 2.71. The van der Waals surface area contributed by atoms with E-state index in [1.807, 2.05) is 12.1 Å². The quantitative estimate of drug-likeness (QED) is 0.810. The molecule has 1 saturated heterocycles. The van der Waals surface area contributed by atoms with Gasteiger partial charge in [-0.1, -0.05) is 12.1 Å². The van der Waals surface area contributed by atoms with E-state index in [2.05, 4.69) is 21.7 Å². The Morgan fingerprint density at radius 3 is 3.12 bits per heavy atom. The molecule has 1 aromatic heterocycles. The highest BCUT2D eigenvalue weighted by atomic mass is 32.1. The smallest absolute Gasteiger partial charge is 0.178 e. The molecule has 4 heteroatoms.